The van der Waals surface area contributed by atoms with E-state index >= 15 is 0 Å². The predicted octanol–water partition coefficient (Wildman–Crippen LogP) is -2.52. The molecular formula is C6H20N6. The Kier molecular flexibility index (Phi) is 3.58. The lowest BCUT2D eigenvalue weighted by Crippen LogP contribution is -2.82. The molecule has 0 rings (SSSR count). The van der Waals surface area contributed by atoms with Gasteiger partial charge in [-0.3, -0.25) is 16.8 Å². The van der Waals surface area contributed by atoms with Crippen LogP contribution in [0.4, 0.5) is 0 Å². The van der Waals surface area contributed by atoms with Gasteiger partial charge in [-0.25, -0.2) is 0 Å². The van der Waals surface area contributed by atoms with E-state index in [0.29, 0.717) is 6.42 Å². The third-order valence-electron chi connectivity index (χ3n) is 1.76. The summed E-state index contributed by atoms with van der Waals surface area (Å²) in [4.78, 5) is 0. The average molecular weight is 176 g/mol. The Morgan fingerprint density at radius 2 is 1.67 bits per heavy atom. The summed E-state index contributed by atoms with van der Waals surface area (Å²) in [6.45, 7) is 3.43. The van der Waals surface area contributed by atoms with Crippen molar-refractivity contribution in [2.24, 2.45) is 28.7 Å². The van der Waals surface area contributed by atoms with Crippen molar-refractivity contribution >= 4 is 0 Å². The molecule has 0 aliphatic carbocycles. The molecule has 0 aromatic carbocycles. The molecule has 0 bridgehead atoms. The number of nitrogens with one attached hydrogen (secondary N) is 1. The molecule has 0 spiro atoms. The number of rotatable bonds is 4. The molecular weight excluding hydrogens is 156 g/mol. The van der Waals surface area contributed by atoms with E-state index in [1.807, 2.05) is 6.92 Å². The van der Waals surface area contributed by atoms with Crippen LogP contribution in [-0.4, -0.2) is 17.6 Å². The standard InChI is InChI=1S/C6H20N6/c1-3-4(7)12-6(10,11)5(2,8)9/h4,12H,3,7-11H2,1-2H3. The van der Waals surface area contributed by atoms with Crippen molar-refractivity contribution < 1.29 is 0 Å². The summed E-state index contributed by atoms with van der Waals surface area (Å²) in [7, 11) is 0. The maximum atomic E-state index is 5.61. The molecule has 6 heteroatoms. The monoisotopic (exact) mass is 176 g/mol. The summed E-state index contributed by atoms with van der Waals surface area (Å²) in [5.74, 6) is -1.36. The molecule has 0 saturated carbocycles. The molecule has 0 aromatic heterocycles. The molecule has 0 aliphatic heterocycles. The van der Waals surface area contributed by atoms with Crippen molar-refractivity contribution in [3.63, 3.8) is 0 Å². The molecule has 11 N–H and O–H groups in total. The fraction of sp³-hybridized carbons (Fsp3) is 1.00. The lowest BCUT2D eigenvalue weighted by Gasteiger charge is -2.39. The average Bonchev–Trinajstić information content (AvgIpc) is 1.84. The van der Waals surface area contributed by atoms with Gasteiger partial charge in [-0.1, -0.05) is 6.92 Å². The van der Waals surface area contributed by atoms with Gasteiger partial charge >= 0.3 is 0 Å². The molecule has 0 saturated heterocycles. The third-order valence-corrected chi connectivity index (χ3v) is 1.76. The summed E-state index contributed by atoms with van der Waals surface area (Å²) < 4.78 is 0. The molecule has 0 heterocycles. The predicted molar refractivity (Wildman–Crippen MR) is 49.3 cm³/mol. The minimum atomic E-state index is -1.36. The molecule has 74 valence electrons. The normalized spacial score (nSPS) is 16.2. The van der Waals surface area contributed by atoms with Crippen LogP contribution in [0, 0.1) is 0 Å². The molecule has 0 aliphatic rings. The van der Waals surface area contributed by atoms with E-state index in [-0.39, 0.29) is 6.17 Å². The minimum Gasteiger partial charge on any atom is -0.316 e. The largest absolute Gasteiger partial charge is 0.316 e. The molecule has 0 aromatic rings. The van der Waals surface area contributed by atoms with Crippen LogP contribution < -0.4 is 34.0 Å². The van der Waals surface area contributed by atoms with Crippen LogP contribution in [-0.2, 0) is 0 Å². The van der Waals surface area contributed by atoms with Crippen molar-refractivity contribution in [3.05, 3.63) is 0 Å². The van der Waals surface area contributed by atoms with Gasteiger partial charge in [0.15, 0.2) is 5.79 Å². The van der Waals surface area contributed by atoms with Crippen LogP contribution in [0.25, 0.3) is 0 Å². The Bertz CT molecular complexity index is 137. The third kappa shape index (κ3) is 3.02. The highest BCUT2D eigenvalue weighted by molar-refractivity contribution is 4.94. The Hall–Kier alpha value is -0.240. The van der Waals surface area contributed by atoms with Crippen LogP contribution in [0.5, 0.6) is 0 Å². The van der Waals surface area contributed by atoms with Gasteiger partial charge in [0.25, 0.3) is 0 Å². The quantitative estimate of drug-likeness (QED) is 0.261. The van der Waals surface area contributed by atoms with Crippen molar-refractivity contribution in [2.75, 3.05) is 0 Å². The minimum absolute atomic E-state index is 0.300. The molecule has 1 atom stereocenters. The maximum absolute atomic E-state index is 5.61. The first-order chi connectivity index (χ1) is 5.20. The van der Waals surface area contributed by atoms with Crippen LogP contribution in [0.3, 0.4) is 0 Å². The summed E-state index contributed by atoms with van der Waals surface area (Å²) >= 11 is 0. The van der Waals surface area contributed by atoms with Crippen LogP contribution in [0.2, 0.25) is 0 Å². The summed E-state index contributed by atoms with van der Waals surface area (Å²) in [6, 6.07) is 0. The first-order valence-corrected chi connectivity index (χ1v) is 3.89. The van der Waals surface area contributed by atoms with Gasteiger partial charge < -0.3 is 17.2 Å². The van der Waals surface area contributed by atoms with E-state index in [2.05, 4.69) is 5.32 Å². The van der Waals surface area contributed by atoms with E-state index in [4.69, 9.17) is 28.7 Å². The fourth-order valence-corrected chi connectivity index (χ4v) is 0.564. The van der Waals surface area contributed by atoms with Gasteiger partial charge in [0.1, 0.15) is 5.66 Å². The van der Waals surface area contributed by atoms with Crippen molar-refractivity contribution in [1.82, 2.24) is 5.32 Å². The second-order valence-corrected chi connectivity index (χ2v) is 3.31. The van der Waals surface area contributed by atoms with Crippen molar-refractivity contribution in [3.8, 4) is 0 Å². The van der Waals surface area contributed by atoms with E-state index in [1.54, 1.807) is 0 Å². The van der Waals surface area contributed by atoms with E-state index in [0.717, 1.165) is 0 Å². The molecule has 12 heavy (non-hydrogen) atoms. The summed E-state index contributed by atoms with van der Waals surface area (Å²) in [5.41, 5.74) is 26.6. The second-order valence-electron chi connectivity index (χ2n) is 3.31. The number of hydrogen-bond acceptors (Lipinski definition) is 6. The van der Waals surface area contributed by atoms with Gasteiger partial charge in [0.2, 0.25) is 0 Å². The Morgan fingerprint density at radius 3 is 1.92 bits per heavy atom. The van der Waals surface area contributed by atoms with Gasteiger partial charge in [-0.05, 0) is 13.3 Å². The number of nitrogens with two attached hydrogens (primary N) is 5. The smallest absolute Gasteiger partial charge is 0.151 e. The first kappa shape index (κ1) is 11.8. The van der Waals surface area contributed by atoms with Gasteiger partial charge in [0.05, 0.1) is 6.17 Å². The maximum Gasteiger partial charge on any atom is 0.151 e. The highest BCUT2D eigenvalue weighted by atomic mass is 15.3. The zero-order valence-electron chi connectivity index (χ0n) is 7.67. The Balaban J connectivity index is 4.22. The number of hydrogen-bond donors (Lipinski definition) is 6. The lowest BCUT2D eigenvalue weighted by molar-refractivity contribution is 0.177. The van der Waals surface area contributed by atoms with Crippen molar-refractivity contribution in [2.45, 2.75) is 37.9 Å². The summed E-state index contributed by atoms with van der Waals surface area (Å²) in [6.07, 6.45) is 0.401. The highest BCUT2D eigenvalue weighted by Gasteiger charge is 2.36. The van der Waals surface area contributed by atoms with Crippen LogP contribution >= 0.6 is 0 Å². The first-order valence-electron chi connectivity index (χ1n) is 3.89. The van der Waals surface area contributed by atoms with Crippen molar-refractivity contribution in [1.29, 1.82) is 0 Å². The van der Waals surface area contributed by atoms with E-state index in [9.17, 15) is 0 Å². The summed E-state index contributed by atoms with van der Waals surface area (Å²) in [5, 5.41) is 2.73. The molecule has 0 amide bonds. The van der Waals surface area contributed by atoms with Crippen LogP contribution in [0.1, 0.15) is 20.3 Å². The Morgan fingerprint density at radius 1 is 1.25 bits per heavy atom. The molecule has 0 fully saturated rings. The Labute approximate surface area is 72.8 Å². The SMILES string of the molecule is CCC(N)NC(N)(N)C(C)(N)N. The second kappa shape index (κ2) is 3.65. The molecule has 0 radical (unpaired) electrons. The lowest BCUT2D eigenvalue weighted by atomic mass is 10.1. The topological polar surface area (TPSA) is 142 Å². The van der Waals surface area contributed by atoms with E-state index < -0.39 is 11.4 Å². The zero-order valence-corrected chi connectivity index (χ0v) is 7.67. The highest BCUT2D eigenvalue weighted by Crippen LogP contribution is 2.01. The van der Waals surface area contributed by atoms with E-state index in [1.165, 1.54) is 6.92 Å². The molecule has 6 nitrogen and oxygen atoms in total. The van der Waals surface area contributed by atoms with Crippen LogP contribution in [0.15, 0.2) is 0 Å². The van der Waals surface area contributed by atoms with Gasteiger partial charge in [-0.15, -0.1) is 0 Å². The van der Waals surface area contributed by atoms with Gasteiger partial charge in [-0.2, -0.15) is 0 Å². The zero-order chi connectivity index (χ0) is 9.99. The van der Waals surface area contributed by atoms with Gasteiger partial charge in [0, 0.05) is 0 Å². The molecule has 1 unspecified atom stereocenters. The fourth-order valence-electron chi connectivity index (χ4n) is 0.564.